The van der Waals surface area contributed by atoms with Crippen molar-refractivity contribution in [1.29, 1.82) is 5.26 Å². The van der Waals surface area contributed by atoms with E-state index in [1.807, 2.05) is 6.07 Å². The molecule has 1 amide bonds. The fourth-order valence-electron chi connectivity index (χ4n) is 1.50. The predicted molar refractivity (Wildman–Crippen MR) is 71.8 cm³/mol. The van der Waals surface area contributed by atoms with Crippen molar-refractivity contribution in [3.05, 3.63) is 40.7 Å². The number of carboxylic acid groups (broad SMARTS) is 1. The zero-order valence-corrected chi connectivity index (χ0v) is 11.2. The van der Waals surface area contributed by atoms with Crippen LogP contribution in [0.4, 0.5) is 5.69 Å². The van der Waals surface area contributed by atoms with E-state index in [4.69, 9.17) is 22.0 Å². The fraction of sp³-hybridized carbons (Fsp3) is 0.0833. The lowest BCUT2D eigenvalue weighted by molar-refractivity contribution is -0.137. The van der Waals surface area contributed by atoms with Crippen LogP contribution in [-0.2, 0) is 11.3 Å². The van der Waals surface area contributed by atoms with Gasteiger partial charge in [-0.3, -0.25) is 9.59 Å². The summed E-state index contributed by atoms with van der Waals surface area (Å²) in [6.07, 6.45) is 1.22. The van der Waals surface area contributed by atoms with Crippen LogP contribution in [0, 0.1) is 11.3 Å². The highest BCUT2D eigenvalue weighted by atomic mass is 35.5. The van der Waals surface area contributed by atoms with E-state index >= 15 is 0 Å². The number of carboxylic acids is 1. The van der Waals surface area contributed by atoms with Crippen LogP contribution in [0.1, 0.15) is 16.1 Å². The van der Waals surface area contributed by atoms with E-state index in [-0.39, 0.29) is 17.3 Å². The first-order valence-corrected chi connectivity index (χ1v) is 6.00. The molecular formula is C12H8ClN5O3. The van der Waals surface area contributed by atoms with Gasteiger partial charge in [0.2, 0.25) is 0 Å². The van der Waals surface area contributed by atoms with Gasteiger partial charge in [-0.05, 0) is 18.2 Å². The van der Waals surface area contributed by atoms with Crippen LogP contribution in [0.25, 0.3) is 0 Å². The lowest BCUT2D eigenvalue weighted by Crippen LogP contribution is -2.12. The Hall–Kier alpha value is -2.92. The van der Waals surface area contributed by atoms with E-state index < -0.39 is 11.9 Å². The smallest absolute Gasteiger partial charge is 0.325 e. The molecule has 0 aliphatic heterocycles. The highest BCUT2D eigenvalue weighted by Crippen LogP contribution is 2.20. The van der Waals surface area contributed by atoms with Gasteiger partial charge in [0, 0.05) is 5.69 Å². The molecule has 2 aromatic rings. The summed E-state index contributed by atoms with van der Waals surface area (Å²) in [4.78, 5) is 22.4. The molecule has 0 radical (unpaired) electrons. The van der Waals surface area contributed by atoms with Gasteiger partial charge in [0.1, 0.15) is 12.6 Å². The highest BCUT2D eigenvalue weighted by Gasteiger charge is 2.13. The minimum atomic E-state index is -1.09. The van der Waals surface area contributed by atoms with E-state index in [1.54, 1.807) is 0 Å². The summed E-state index contributed by atoms with van der Waals surface area (Å²) in [6.45, 7) is -0.386. The third-order valence-electron chi connectivity index (χ3n) is 2.42. The van der Waals surface area contributed by atoms with Crippen molar-refractivity contribution in [2.24, 2.45) is 0 Å². The summed E-state index contributed by atoms with van der Waals surface area (Å²) in [7, 11) is 0. The molecule has 21 heavy (non-hydrogen) atoms. The SMILES string of the molecule is N#Cc1ccc(NC(=O)c2cn(CC(=O)O)nn2)cc1Cl. The number of hydrogen-bond acceptors (Lipinski definition) is 5. The molecule has 0 fully saturated rings. The van der Waals surface area contributed by atoms with Crippen LogP contribution in [0.2, 0.25) is 5.02 Å². The van der Waals surface area contributed by atoms with Gasteiger partial charge in [-0.15, -0.1) is 5.10 Å². The topological polar surface area (TPSA) is 121 Å². The molecule has 1 aromatic heterocycles. The van der Waals surface area contributed by atoms with Crippen molar-refractivity contribution in [3.8, 4) is 6.07 Å². The number of aliphatic carboxylic acids is 1. The number of aromatic nitrogens is 3. The number of hydrogen-bond donors (Lipinski definition) is 2. The minimum absolute atomic E-state index is 0.0308. The van der Waals surface area contributed by atoms with Crippen molar-refractivity contribution in [2.45, 2.75) is 6.54 Å². The van der Waals surface area contributed by atoms with E-state index in [2.05, 4.69) is 15.6 Å². The summed E-state index contributed by atoms with van der Waals surface area (Å²) in [5.41, 5.74) is 0.649. The Morgan fingerprint density at radius 2 is 2.24 bits per heavy atom. The number of nitrogens with one attached hydrogen (secondary N) is 1. The van der Waals surface area contributed by atoms with Crippen LogP contribution < -0.4 is 5.32 Å². The van der Waals surface area contributed by atoms with E-state index in [9.17, 15) is 9.59 Å². The largest absolute Gasteiger partial charge is 0.480 e. The number of amides is 1. The Kier molecular flexibility index (Phi) is 4.15. The number of anilines is 1. The fourth-order valence-corrected chi connectivity index (χ4v) is 1.72. The van der Waals surface area contributed by atoms with E-state index in [0.29, 0.717) is 11.3 Å². The molecule has 1 aromatic carbocycles. The highest BCUT2D eigenvalue weighted by molar-refractivity contribution is 6.32. The molecule has 0 aliphatic rings. The predicted octanol–water partition coefficient (Wildman–Crippen LogP) is 1.14. The van der Waals surface area contributed by atoms with Crippen molar-refractivity contribution < 1.29 is 14.7 Å². The van der Waals surface area contributed by atoms with Gasteiger partial charge in [0.05, 0.1) is 16.8 Å². The number of halogens is 1. The maximum Gasteiger partial charge on any atom is 0.325 e. The summed E-state index contributed by atoms with van der Waals surface area (Å²) >= 11 is 5.85. The maximum absolute atomic E-state index is 11.9. The minimum Gasteiger partial charge on any atom is -0.480 e. The van der Waals surface area contributed by atoms with E-state index in [1.165, 1.54) is 24.4 Å². The molecule has 2 rings (SSSR count). The number of carbonyl (C=O) groups is 2. The molecule has 0 spiro atoms. The molecule has 106 valence electrons. The van der Waals surface area contributed by atoms with Crippen molar-refractivity contribution >= 4 is 29.2 Å². The lowest BCUT2D eigenvalue weighted by Gasteiger charge is -2.03. The van der Waals surface area contributed by atoms with Gasteiger partial charge in [0.15, 0.2) is 5.69 Å². The average molecular weight is 306 g/mol. The molecular weight excluding hydrogens is 298 g/mol. The first kappa shape index (κ1) is 14.5. The number of nitriles is 1. The Morgan fingerprint density at radius 3 is 2.86 bits per heavy atom. The first-order chi connectivity index (χ1) is 9.99. The van der Waals surface area contributed by atoms with Crippen LogP contribution >= 0.6 is 11.6 Å². The van der Waals surface area contributed by atoms with Crippen LogP contribution in [0.5, 0.6) is 0 Å². The van der Waals surface area contributed by atoms with Crippen LogP contribution in [-0.4, -0.2) is 32.0 Å². The molecule has 0 bridgehead atoms. The first-order valence-electron chi connectivity index (χ1n) is 5.62. The van der Waals surface area contributed by atoms with Gasteiger partial charge < -0.3 is 10.4 Å². The molecule has 0 saturated carbocycles. The Balaban J connectivity index is 2.11. The zero-order chi connectivity index (χ0) is 15.4. The molecule has 2 N–H and O–H groups in total. The van der Waals surface area contributed by atoms with E-state index in [0.717, 1.165) is 4.68 Å². The van der Waals surface area contributed by atoms with Crippen LogP contribution in [0.15, 0.2) is 24.4 Å². The molecule has 0 saturated heterocycles. The summed E-state index contributed by atoms with van der Waals surface area (Å²) in [5, 5.41) is 27.2. The molecule has 1 heterocycles. The lowest BCUT2D eigenvalue weighted by atomic mass is 10.2. The van der Waals surface area contributed by atoms with Gasteiger partial charge in [-0.1, -0.05) is 16.8 Å². The molecule has 0 atom stereocenters. The van der Waals surface area contributed by atoms with Gasteiger partial charge in [0.25, 0.3) is 5.91 Å². The normalized spacial score (nSPS) is 9.90. The average Bonchev–Trinajstić information content (AvgIpc) is 2.86. The Bertz CT molecular complexity index is 750. The third kappa shape index (κ3) is 3.55. The van der Waals surface area contributed by atoms with Gasteiger partial charge >= 0.3 is 5.97 Å². The summed E-state index contributed by atoms with van der Waals surface area (Å²) in [5.74, 6) is -1.65. The second kappa shape index (κ2) is 6.02. The van der Waals surface area contributed by atoms with Crippen LogP contribution in [0.3, 0.4) is 0 Å². The molecule has 9 heteroatoms. The van der Waals surface area contributed by atoms with Gasteiger partial charge in [-0.2, -0.15) is 5.26 Å². The second-order valence-electron chi connectivity index (χ2n) is 3.96. The van der Waals surface area contributed by atoms with Crippen molar-refractivity contribution in [3.63, 3.8) is 0 Å². The standard InChI is InChI=1S/C12H8ClN5O3/c13-9-3-8(2-1-7(9)4-14)15-12(21)10-5-18(17-16-10)6-11(19)20/h1-3,5H,6H2,(H,15,21)(H,19,20). The summed E-state index contributed by atoms with van der Waals surface area (Å²) < 4.78 is 1.03. The zero-order valence-electron chi connectivity index (χ0n) is 10.4. The van der Waals surface area contributed by atoms with Crippen molar-refractivity contribution in [2.75, 3.05) is 5.32 Å². The number of carbonyl (C=O) groups excluding carboxylic acids is 1. The van der Waals surface area contributed by atoms with Gasteiger partial charge in [-0.25, -0.2) is 4.68 Å². The number of nitrogens with zero attached hydrogens (tertiary/aromatic N) is 4. The monoisotopic (exact) mass is 305 g/mol. The molecule has 0 aliphatic carbocycles. The molecule has 0 unspecified atom stereocenters. The third-order valence-corrected chi connectivity index (χ3v) is 2.73. The Labute approximate surface area is 123 Å². The number of rotatable bonds is 4. The maximum atomic E-state index is 11.9. The molecule has 8 nitrogen and oxygen atoms in total. The quantitative estimate of drug-likeness (QED) is 0.873. The second-order valence-corrected chi connectivity index (χ2v) is 4.36. The van der Waals surface area contributed by atoms with Crippen molar-refractivity contribution in [1.82, 2.24) is 15.0 Å². The number of benzene rings is 1. The Morgan fingerprint density at radius 1 is 1.48 bits per heavy atom. The summed E-state index contributed by atoms with van der Waals surface area (Å²) in [6, 6.07) is 6.32.